The molecule has 9 heteroatoms. The lowest BCUT2D eigenvalue weighted by Crippen LogP contribution is -2.40. The van der Waals surface area contributed by atoms with Gasteiger partial charge in [0.15, 0.2) is 5.96 Å². The Bertz CT molecular complexity index is 812. The van der Waals surface area contributed by atoms with Gasteiger partial charge in [0, 0.05) is 6.54 Å². The van der Waals surface area contributed by atoms with Crippen molar-refractivity contribution in [2.75, 3.05) is 19.6 Å². The van der Waals surface area contributed by atoms with Gasteiger partial charge in [-0.15, -0.1) is 13.2 Å². The van der Waals surface area contributed by atoms with E-state index in [2.05, 4.69) is 19.9 Å². The third-order valence-corrected chi connectivity index (χ3v) is 4.74. The minimum Gasteiger partial charge on any atom is -0.465 e. The Kier molecular flexibility index (Phi) is 6.68. The first-order valence-electron chi connectivity index (χ1n) is 9.49. The number of guanidine groups is 1. The van der Waals surface area contributed by atoms with Crippen molar-refractivity contribution in [2.24, 2.45) is 10.7 Å². The molecule has 0 radical (unpaired) electrons. The average Bonchev–Trinajstić information content (AvgIpc) is 3.32. The van der Waals surface area contributed by atoms with Crippen LogP contribution in [-0.4, -0.2) is 36.9 Å². The van der Waals surface area contributed by atoms with Crippen LogP contribution in [0.25, 0.3) is 0 Å². The molecule has 3 N–H and O–H groups in total. The highest BCUT2D eigenvalue weighted by atomic mass is 19.4. The summed E-state index contributed by atoms with van der Waals surface area (Å²) in [4.78, 5) is 6.63. The van der Waals surface area contributed by atoms with Gasteiger partial charge in [0.05, 0.1) is 12.6 Å². The van der Waals surface area contributed by atoms with E-state index in [1.165, 1.54) is 24.3 Å². The van der Waals surface area contributed by atoms with Crippen molar-refractivity contribution in [3.63, 3.8) is 0 Å². The Morgan fingerprint density at radius 3 is 2.48 bits per heavy atom. The molecule has 1 unspecified atom stereocenters. The number of furan rings is 1. The largest absolute Gasteiger partial charge is 0.573 e. The molecule has 1 aromatic carbocycles. The molecule has 1 saturated heterocycles. The Morgan fingerprint density at radius 2 is 1.90 bits per heavy atom. The SMILES string of the molecule is Cc1ccc(C(CNC(N)=NCc2ccc(OC(F)(F)F)cc2)N2CCCC2)o1. The van der Waals surface area contributed by atoms with Crippen LogP contribution < -0.4 is 15.8 Å². The summed E-state index contributed by atoms with van der Waals surface area (Å²) in [5, 5.41) is 3.13. The first-order valence-corrected chi connectivity index (χ1v) is 9.49. The van der Waals surface area contributed by atoms with Gasteiger partial charge in [-0.1, -0.05) is 12.1 Å². The first-order chi connectivity index (χ1) is 13.8. The smallest absolute Gasteiger partial charge is 0.465 e. The van der Waals surface area contributed by atoms with Crippen LogP contribution in [0.1, 0.15) is 36.0 Å². The molecule has 2 aromatic rings. The highest BCUT2D eigenvalue weighted by Crippen LogP contribution is 2.26. The van der Waals surface area contributed by atoms with Crippen molar-refractivity contribution in [3.05, 3.63) is 53.5 Å². The summed E-state index contributed by atoms with van der Waals surface area (Å²) in [6.07, 6.45) is -2.38. The van der Waals surface area contributed by atoms with Gasteiger partial charge in [-0.2, -0.15) is 0 Å². The topological polar surface area (TPSA) is 76.0 Å². The number of aryl methyl sites for hydroxylation is 1. The second-order valence-electron chi connectivity index (χ2n) is 6.98. The van der Waals surface area contributed by atoms with Gasteiger partial charge in [0.1, 0.15) is 17.3 Å². The third kappa shape index (κ3) is 6.42. The minimum absolute atomic E-state index is 0.0683. The maximum Gasteiger partial charge on any atom is 0.573 e. The number of ether oxygens (including phenoxy) is 1. The van der Waals surface area contributed by atoms with E-state index in [9.17, 15) is 13.2 Å². The van der Waals surface area contributed by atoms with Gasteiger partial charge in [-0.25, -0.2) is 4.99 Å². The molecule has 1 atom stereocenters. The zero-order chi connectivity index (χ0) is 20.9. The van der Waals surface area contributed by atoms with Crippen LogP contribution in [-0.2, 0) is 6.54 Å². The summed E-state index contributed by atoms with van der Waals surface area (Å²) < 4.78 is 46.3. The molecular weight excluding hydrogens is 385 g/mol. The number of likely N-dealkylation sites (tertiary alicyclic amines) is 1. The fraction of sp³-hybridized carbons (Fsp3) is 0.450. The first kappa shape index (κ1) is 21.0. The quantitative estimate of drug-likeness (QED) is 0.537. The van der Waals surface area contributed by atoms with E-state index in [1.807, 2.05) is 19.1 Å². The third-order valence-electron chi connectivity index (χ3n) is 4.74. The van der Waals surface area contributed by atoms with Crippen molar-refractivity contribution < 1.29 is 22.3 Å². The molecule has 0 bridgehead atoms. The number of aliphatic imine (C=N–C) groups is 1. The number of benzene rings is 1. The van der Waals surface area contributed by atoms with Crippen LogP contribution in [0.15, 0.2) is 45.8 Å². The Morgan fingerprint density at radius 1 is 1.21 bits per heavy atom. The summed E-state index contributed by atoms with van der Waals surface area (Å²) in [6, 6.07) is 9.56. The number of alkyl halides is 3. The van der Waals surface area contributed by atoms with Gasteiger partial charge < -0.3 is 20.2 Å². The molecule has 3 rings (SSSR count). The lowest BCUT2D eigenvalue weighted by Gasteiger charge is -2.26. The zero-order valence-corrected chi connectivity index (χ0v) is 16.2. The van der Waals surface area contributed by atoms with Crippen molar-refractivity contribution in [3.8, 4) is 5.75 Å². The molecule has 29 heavy (non-hydrogen) atoms. The van der Waals surface area contributed by atoms with E-state index in [0.717, 1.165) is 43.0 Å². The number of nitrogens with zero attached hydrogens (tertiary/aromatic N) is 2. The van der Waals surface area contributed by atoms with Crippen LogP contribution >= 0.6 is 0 Å². The van der Waals surface area contributed by atoms with Gasteiger partial charge in [-0.3, -0.25) is 4.90 Å². The van der Waals surface area contributed by atoms with Crippen LogP contribution in [0.4, 0.5) is 13.2 Å². The number of nitrogens with two attached hydrogens (primary N) is 1. The molecule has 1 aliphatic rings. The predicted octanol–water partition coefficient (Wildman–Crippen LogP) is 3.73. The van der Waals surface area contributed by atoms with Gasteiger partial charge >= 0.3 is 6.36 Å². The molecule has 158 valence electrons. The number of nitrogens with one attached hydrogen (secondary N) is 1. The molecule has 2 heterocycles. The normalized spacial score (nSPS) is 16.8. The van der Waals surface area contributed by atoms with Crippen molar-refractivity contribution in [2.45, 2.75) is 38.7 Å². The van der Waals surface area contributed by atoms with E-state index in [4.69, 9.17) is 10.2 Å². The maximum absolute atomic E-state index is 12.2. The molecule has 1 fully saturated rings. The number of hydrogen-bond acceptors (Lipinski definition) is 4. The second-order valence-corrected chi connectivity index (χ2v) is 6.98. The molecular formula is C20H25F3N4O2. The fourth-order valence-corrected chi connectivity index (χ4v) is 3.33. The summed E-state index contributed by atoms with van der Waals surface area (Å²) >= 11 is 0. The lowest BCUT2D eigenvalue weighted by atomic mass is 10.2. The average molecular weight is 410 g/mol. The highest BCUT2D eigenvalue weighted by Gasteiger charge is 2.31. The standard InChI is InChI=1S/C20H25F3N4O2/c1-14-4-9-18(28-14)17(27-10-2-3-11-27)13-26-19(24)25-12-15-5-7-16(8-6-15)29-20(21,22)23/h4-9,17H,2-3,10-13H2,1H3,(H3,24,25,26). The van der Waals surface area contributed by atoms with Crippen LogP contribution in [0.5, 0.6) is 5.75 Å². The van der Waals surface area contributed by atoms with E-state index < -0.39 is 6.36 Å². The Balaban J connectivity index is 1.55. The monoisotopic (exact) mass is 410 g/mol. The Hall–Kier alpha value is -2.68. The van der Waals surface area contributed by atoms with Gasteiger partial charge in [0.25, 0.3) is 0 Å². The van der Waals surface area contributed by atoms with Gasteiger partial charge in [0.2, 0.25) is 0 Å². The maximum atomic E-state index is 12.2. The minimum atomic E-state index is -4.70. The molecule has 0 amide bonds. The summed E-state index contributed by atoms with van der Waals surface area (Å²) in [6.45, 7) is 4.74. The molecule has 0 spiro atoms. The van der Waals surface area contributed by atoms with Crippen LogP contribution in [0.3, 0.4) is 0 Å². The fourth-order valence-electron chi connectivity index (χ4n) is 3.33. The Labute approximate surface area is 167 Å². The van der Waals surface area contributed by atoms with E-state index >= 15 is 0 Å². The van der Waals surface area contributed by atoms with Crippen molar-refractivity contribution in [1.82, 2.24) is 10.2 Å². The highest BCUT2D eigenvalue weighted by molar-refractivity contribution is 5.77. The van der Waals surface area contributed by atoms with E-state index in [1.54, 1.807) is 0 Å². The molecule has 0 saturated carbocycles. The van der Waals surface area contributed by atoms with Crippen LogP contribution in [0.2, 0.25) is 0 Å². The molecule has 6 nitrogen and oxygen atoms in total. The van der Waals surface area contributed by atoms with E-state index in [0.29, 0.717) is 6.54 Å². The number of hydrogen-bond donors (Lipinski definition) is 2. The summed E-state index contributed by atoms with van der Waals surface area (Å²) in [7, 11) is 0. The number of halogens is 3. The summed E-state index contributed by atoms with van der Waals surface area (Å²) in [5.74, 6) is 1.76. The summed E-state index contributed by atoms with van der Waals surface area (Å²) in [5.41, 5.74) is 6.71. The zero-order valence-electron chi connectivity index (χ0n) is 16.2. The second kappa shape index (κ2) is 9.21. The molecule has 0 aliphatic carbocycles. The molecule has 1 aromatic heterocycles. The van der Waals surface area contributed by atoms with Crippen molar-refractivity contribution >= 4 is 5.96 Å². The number of rotatable bonds is 7. The van der Waals surface area contributed by atoms with Gasteiger partial charge in [-0.05, 0) is 62.7 Å². The van der Waals surface area contributed by atoms with Crippen molar-refractivity contribution in [1.29, 1.82) is 0 Å². The lowest BCUT2D eigenvalue weighted by molar-refractivity contribution is -0.274. The predicted molar refractivity (Wildman–Crippen MR) is 103 cm³/mol. The van der Waals surface area contributed by atoms with Crippen LogP contribution in [0, 0.1) is 6.92 Å². The molecule has 1 aliphatic heterocycles. The van der Waals surface area contributed by atoms with E-state index in [-0.39, 0.29) is 24.3 Å².